The standard InChI is InChI=1S/C11H21NO2/c1-10(2,3)14-9(13)11(4)6-5-8(12)7-11/h8H,5-7,12H2,1-4H3. The Morgan fingerprint density at radius 3 is 2.43 bits per heavy atom. The van der Waals surface area contributed by atoms with Gasteiger partial charge in [-0.05, 0) is 47.0 Å². The van der Waals surface area contributed by atoms with Gasteiger partial charge in [-0.2, -0.15) is 0 Å². The van der Waals surface area contributed by atoms with Gasteiger partial charge in [0, 0.05) is 6.04 Å². The van der Waals surface area contributed by atoms with Gasteiger partial charge in [-0.1, -0.05) is 0 Å². The molecular formula is C11H21NO2. The first-order chi connectivity index (χ1) is 6.23. The topological polar surface area (TPSA) is 52.3 Å². The van der Waals surface area contributed by atoms with E-state index in [-0.39, 0.29) is 17.4 Å². The van der Waals surface area contributed by atoms with E-state index in [4.69, 9.17) is 10.5 Å². The van der Waals surface area contributed by atoms with Gasteiger partial charge in [0.15, 0.2) is 0 Å². The average molecular weight is 199 g/mol. The second-order valence-corrected chi connectivity index (χ2v) is 5.57. The lowest BCUT2D eigenvalue weighted by Gasteiger charge is -2.28. The zero-order chi connectivity index (χ0) is 11.0. The summed E-state index contributed by atoms with van der Waals surface area (Å²) in [6.45, 7) is 7.63. The van der Waals surface area contributed by atoms with Crippen molar-refractivity contribution in [3.63, 3.8) is 0 Å². The van der Waals surface area contributed by atoms with Crippen molar-refractivity contribution in [3.8, 4) is 0 Å². The minimum atomic E-state index is -0.396. The molecule has 1 rings (SSSR count). The Balaban J connectivity index is 2.61. The minimum Gasteiger partial charge on any atom is -0.460 e. The molecule has 1 fully saturated rings. The number of hydrogen-bond donors (Lipinski definition) is 1. The lowest BCUT2D eigenvalue weighted by atomic mass is 9.88. The van der Waals surface area contributed by atoms with Crippen LogP contribution in [0.15, 0.2) is 0 Å². The normalized spacial score (nSPS) is 33.1. The SMILES string of the molecule is CC(C)(C)OC(=O)C1(C)CCC(N)C1. The summed E-state index contributed by atoms with van der Waals surface area (Å²) in [6.07, 6.45) is 2.53. The predicted molar refractivity (Wildman–Crippen MR) is 55.8 cm³/mol. The molecule has 0 aromatic rings. The van der Waals surface area contributed by atoms with Crippen LogP contribution in [0.4, 0.5) is 0 Å². The first-order valence-corrected chi connectivity index (χ1v) is 5.22. The molecule has 0 spiro atoms. The molecule has 0 aromatic carbocycles. The van der Waals surface area contributed by atoms with Crippen molar-refractivity contribution in [1.29, 1.82) is 0 Å². The van der Waals surface area contributed by atoms with Crippen molar-refractivity contribution < 1.29 is 9.53 Å². The number of nitrogens with two attached hydrogens (primary N) is 1. The Bertz CT molecular complexity index is 232. The van der Waals surface area contributed by atoms with Crippen LogP contribution in [0.5, 0.6) is 0 Å². The van der Waals surface area contributed by atoms with E-state index in [9.17, 15) is 4.79 Å². The van der Waals surface area contributed by atoms with Gasteiger partial charge in [-0.15, -0.1) is 0 Å². The maximum Gasteiger partial charge on any atom is 0.312 e. The fourth-order valence-corrected chi connectivity index (χ4v) is 1.87. The third kappa shape index (κ3) is 2.71. The van der Waals surface area contributed by atoms with Gasteiger partial charge in [0.1, 0.15) is 5.60 Å². The van der Waals surface area contributed by atoms with E-state index in [2.05, 4.69) is 0 Å². The van der Waals surface area contributed by atoms with Crippen molar-refractivity contribution in [2.24, 2.45) is 11.1 Å². The molecule has 2 atom stereocenters. The van der Waals surface area contributed by atoms with Crippen molar-refractivity contribution in [2.45, 2.75) is 58.6 Å². The Hall–Kier alpha value is -0.570. The van der Waals surface area contributed by atoms with Crippen LogP contribution in [0.3, 0.4) is 0 Å². The van der Waals surface area contributed by atoms with Gasteiger partial charge in [0.2, 0.25) is 0 Å². The number of ether oxygens (including phenoxy) is 1. The molecule has 14 heavy (non-hydrogen) atoms. The largest absolute Gasteiger partial charge is 0.460 e. The van der Waals surface area contributed by atoms with E-state index in [1.807, 2.05) is 27.7 Å². The molecule has 82 valence electrons. The predicted octanol–water partition coefficient (Wildman–Crippen LogP) is 1.85. The molecule has 0 bridgehead atoms. The number of hydrogen-bond acceptors (Lipinski definition) is 3. The zero-order valence-electron chi connectivity index (χ0n) is 9.59. The van der Waals surface area contributed by atoms with Gasteiger partial charge >= 0.3 is 5.97 Å². The van der Waals surface area contributed by atoms with E-state index in [1.54, 1.807) is 0 Å². The van der Waals surface area contributed by atoms with Crippen molar-refractivity contribution >= 4 is 5.97 Å². The van der Waals surface area contributed by atoms with Crippen LogP contribution in [0.25, 0.3) is 0 Å². The molecule has 0 amide bonds. The molecule has 1 aliphatic carbocycles. The molecule has 2 unspecified atom stereocenters. The number of esters is 1. The van der Waals surface area contributed by atoms with Crippen molar-refractivity contribution in [1.82, 2.24) is 0 Å². The Morgan fingerprint density at radius 1 is 1.50 bits per heavy atom. The monoisotopic (exact) mass is 199 g/mol. The van der Waals surface area contributed by atoms with E-state index in [0.717, 1.165) is 19.3 Å². The number of rotatable bonds is 1. The Kier molecular flexibility index (Phi) is 2.91. The summed E-state index contributed by atoms with van der Waals surface area (Å²) in [6, 6.07) is 0.160. The van der Waals surface area contributed by atoms with E-state index in [1.165, 1.54) is 0 Å². The fourth-order valence-electron chi connectivity index (χ4n) is 1.87. The van der Waals surface area contributed by atoms with Gasteiger partial charge < -0.3 is 10.5 Å². The molecule has 3 heteroatoms. The molecule has 0 aromatic heterocycles. The summed E-state index contributed by atoms with van der Waals surface area (Å²) < 4.78 is 5.38. The summed E-state index contributed by atoms with van der Waals surface area (Å²) in [5.74, 6) is -0.0991. The summed E-state index contributed by atoms with van der Waals surface area (Å²) in [4.78, 5) is 11.9. The molecule has 3 nitrogen and oxygen atoms in total. The third-order valence-electron chi connectivity index (χ3n) is 2.67. The highest BCUT2D eigenvalue weighted by Crippen LogP contribution is 2.38. The summed E-state index contributed by atoms with van der Waals surface area (Å²) in [7, 11) is 0. The maximum atomic E-state index is 11.9. The molecule has 2 N–H and O–H groups in total. The Morgan fingerprint density at radius 2 is 2.07 bits per heavy atom. The van der Waals surface area contributed by atoms with E-state index < -0.39 is 5.60 Å². The highest BCUT2D eigenvalue weighted by Gasteiger charge is 2.42. The summed E-state index contributed by atoms with van der Waals surface area (Å²) >= 11 is 0. The lowest BCUT2D eigenvalue weighted by molar-refractivity contribution is -0.166. The highest BCUT2D eigenvalue weighted by molar-refractivity contribution is 5.77. The molecule has 0 saturated heterocycles. The van der Waals surface area contributed by atoms with Crippen LogP contribution in [-0.2, 0) is 9.53 Å². The minimum absolute atomic E-state index is 0.0991. The maximum absolute atomic E-state index is 11.9. The first-order valence-electron chi connectivity index (χ1n) is 5.22. The van der Waals surface area contributed by atoms with Crippen molar-refractivity contribution in [3.05, 3.63) is 0 Å². The number of carbonyl (C=O) groups is 1. The van der Waals surface area contributed by atoms with E-state index in [0.29, 0.717) is 0 Å². The van der Waals surface area contributed by atoms with Crippen LogP contribution in [0, 0.1) is 5.41 Å². The fraction of sp³-hybridized carbons (Fsp3) is 0.909. The summed E-state index contributed by atoms with van der Waals surface area (Å²) in [5.41, 5.74) is 5.05. The van der Waals surface area contributed by atoms with Gasteiger partial charge in [-0.25, -0.2) is 0 Å². The smallest absolute Gasteiger partial charge is 0.312 e. The van der Waals surface area contributed by atoms with Crippen LogP contribution in [0.2, 0.25) is 0 Å². The molecule has 0 radical (unpaired) electrons. The highest BCUT2D eigenvalue weighted by atomic mass is 16.6. The molecule has 0 heterocycles. The van der Waals surface area contributed by atoms with Crippen LogP contribution < -0.4 is 5.73 Å². The van der Waals surface area contributed by atoms with Crippen LogP contribution >= 0.6 is 0 Å². The van der Waals surface area contributed by atoms with Crippen LogP contribution in [-0.4, -0.2) is 17.6 Å². The average Bonchev–Trinajstić information content (AvgIpc) is 2.29. The number of carbonyl (C=O) groups excluding carboxylic acids is 1. The van der Waals surface area contributed by atoms with Crippen LogP contribution in [0.1, 0.15) is 47.0 Å². The summed E-state index contributed by atoms with van der Waals surface area (Å²) in [5, 5.41) is 0. The van der Waals surface area contributed by atoms with E-state index >= 15 is 0 Å². The van der Waals surface area contributed by atoms with Gasteiger partial charge in [-0.3, -0.25) is 4.79 Å². The molecule has 1 aliphatic rings. The second-order valence-electron chi connectivity index (χ2n) is 5.57. The Labute approximate surface area is 86.0 Å². The molecule has 0 aliphatic heterocycles. The van der Waals surface area contributed by atoms with Crippen molar-refractivity contribution in [2.75, 3.05) is 0 Å². The third-order valence-corrected chi connectivity index (χ3v) is 2.67. The lowest BCUT2D eigenvalue weighted by Crippen LogP contribution is -2.35. The quantitative estimate of drug-likeness (QED) is 0.656. The first kappa shape index (κ1) is 11.5. The second kappa shape index (κ2) is 3.54. The molecular weight excluding hydrogens is 178 g/mol. The van der Waals surface area contributed by atoms with Gasteiger partial charge in [0.05, 0.1) is 5.41 Å². The van der Waals surface area contributed by atoms with Gasteiger partial charge in [0.25, 0.3) is 0 Å². The zero-order valence-corrected chi connectivity index (χ0v) is 9.59. The molecule has 1 saturated carbocycles.